The molecule has 0 aliphatic heterocycles. The van der Waals surface area contributed by atoms with E-state index < -0.39 is 0 Å². The third kappa shape index (κ3) is 3.09. The molecule has 0 aromatic heterocycles. The van der Waals surface area contributed by atoms with E-state index in [0.29, 0.717) is 0 Å². The maximum Gasteiger partial charge on any atom is -0.0203 e. The third-order valence-corrected chi connectivity index (χ3v) is 4.48. The summed E-state index contributed by atoms with van der Waals surface area (Å²) < 4.78 is 0. The van der Waals surface area contributed by atoms with Crippen LogP contribution in [0.3, 0.4) is 0 Å². The van der Waals surface area contributed by atoms with Gasteiger partial charge >= 0.3 is 0 Å². The van der Waals surface area contributed by atoms with Crippen molar-refractivity contribution >= 4 is 0 Å². The summed E-state index contributed by atoms with van der Waals surface area (Å²) in [5.74, 6) is 3.74. The molecule has 0 saturated heterocycles. The van der Waals surface area contributed by atoms with Crippen molar-refractivity contribution in [1.29, 1.82) is 0 Å². The average molecular weight is 206 g/mol. The van der Waals surface area contributed by atoms with Crippen LogP contribution in [-0.4, -0.2) is 0 Å². The maximum absolute atomic E-state index is 4.35. The summed E-state index contributed by atoms with van der Waals surface area (Å²) in [6.07, 6.45) is 10.0. The fourth-order valence-electron chi connectivity index (χ4n) is 3.06. The lowest BCUT2D eigenvalue weighted by molar-refractivity contribution is 0.232. The number of rotatable bonds is 4. The molecule has 15 heavy (non-hydrogen) atoms. The fourth-order valence-corrected chi connectivity index (χ4v) is 3.06. The van der Waals surface area contributed by atoms with Gasteiger partial charge in [-0.25, -0.2) is 0 Å². The van der Waals surface area contributed by atoms with Gasteiger partial charge in [0.25, 0.3) is 0 Å². The van der Waals surface area contributed by atoms with Crippen LogP contribution in [0.5, 0.6) is 0 Å². The molecule has 1 unspecified atom stereocenters. The molecule has 2 aliphatic carbocycles. The molecule has 0 aromatic carbocycles. The average Bonchev–Trinajstić information content (AvgIpc) is 3.02. The van der Waals surface area contributed by atoms with Gasteiger partial charge in [-0.05, 0) is 55.8 Å². The summed E-state index contributed by atoms with van der Waals surface area (Å²) in [4.78, 5) is 0. The van der Waals surface area contributed by atoms with Gasteiger partial charge < -0.3 is 0 Å². The Hall–Kier alpha value is -0.260. The van der Waals surface area contributed by atoms with Crippen LogP contribution >= 0.6 is 0 Å². The Morgan fingerprint density at radius 2 is 1.93 bits per heavy atom. The first kappa shape index (κ1) is 11.2. The van der Waals surface area contributed by atoms with Gasteiger partial charge in [0.05, 0.1) is 0 Å². The van der Waals surface area contributed by atoms with Crippen molar-refractivity contribution in [3.05, 3.63) is 12.2 Å². The molecule has 2 fully saturated rings. The van der Waals surface area contributed by atoms with Crippen LogP contribution in [0.2, 0.25) is 0 Å². The van der Waals surface area contributed by atoms with Gasteiger partial charge in [0, 0.05) is 0 Å². The molecule has 0 amide bonds. The Bertz CT molecular complexity index is 222. The Balaban J connectivity index is 1.82. The molecule has 86 valence electrons. The van der Waals surface area contributed by atoms with Crippen molar-refractivity contribution in [3.63, 3.8) is 0 Å². The van der Waals surface area contributed by atoms with Crippen LogP contribution in [-0.2, 0) is 0 Å². The highest BCUT2D eigenvalue weighted by Gasteiger charge is 2.29. The topological polar surface area (TPSA) is 0 Å². The zero-order valence-corrected chi connectivity index (χ0v) is 10.5. The van der Waals surface area contributed by atoms with Crippen molar-refractivity contribution in [2.45, 2.75) is 58.8 Å². The second-order valence-corrected chi connectivity index (χ2v) is 6.17. The predicted molar refractivity (Wildman–Crippen MR) is 66.8 cm³/mol. The van der Waals surface area contributed by atoms with E-state index in [1.165, 1.54) is 44.9 Å². The van der Waals surface area contributed by atoms with E-state index >= 15 is 0 Å². The van der Waals surface area contributed by atoms with Crippen LogP contribution in [0, 0.1) is 23.7 Å². The molecular formula is C15H26. The fraction of sp³-hybridized carbons (Fsp3) is 0.867. The van der Waals surface area contributed by atoms with Crippen molar-refractivity contribution in [2.75, 3.05) is 0 Å². The molecule has 2 rings (SSSR count). The zero-order chi connectivity index (χ0) is 10.8. The van der Waals surface area contributed by atoms with E-state index in [1.54, 1.807) is 5.57 Å². The van der Waals surface area contributed by atoms with Gasteiger partial charge in [0.15, 0.2) is 0 Å². The van der Waals surface area contributed by atoms with E-state index in [-0.39, 0.29) is 0 Å². The first-order valence-corrected chi connectivity index (χ1v) is 6.84. The molecule has 0 N–H and O–H groups in total. The largest absolute Gasteiger partial charge is 0.0996 e. The number of hydrogen-bond donors (Lipinski definition) is 0. The minimum Gasteiger partial charge on any atom is -0.0996 e. The standard InChI is InChI=1S/C15H26/c1-11(2)14-5-4-6-15(10-14)12(3)9-13-7-8-13/h11,13-15H,3-10H2,1-2H3/t14?,15-/m1/s1. The summed E-state index contributed by atoms with van der Waals surface area (Å²) in [5.41, 5.74) is 1.59. The van der Waals surface area contributed by atoms with E-state index in [9.17, 15) is 0 Å². The van der Waals surface area contributed by atoms with Gasteiger partial charge in [0.1, 0.15) is 0 Å². The minimum absolute atomic E-state index is 0.867. The predicted octanol–water partition coefficient (Wildman–Crippen LogP) is 4.81. The van der Waals surface area contributed by atoms with Crippen LogP contribution in [0.1, 0.15) is 58.8 Å². The second-order valence-electron chi connectivity index (χ2n) is 6.17. The van der Waals surface area contributed by atoms with Gasteiger partial charge in [-0.2, -0.15) is 0 Å². The highest BCUT2D eigenvalue weighted by molar-refractivity contribution is 5.05. The molecule has 0 spiro atoms. The first-order chi connectivity index (χ1) is 7.16. The van der Waals surface area contributed by atoms with Crippen molar-refractivity contribution in [2.24, 2.45) is 23.7 Å². The van der Waals surface area contributed by atoms with E-state index in [4.69, 9.17) is 0 Å². The molecular weight excluding hydrogens is 180 g/mol. The van der Waals surface area contributed by atoms with E-state index in [0.717, 1.165) is 23.7 Å². The van der Waals surface area contributed by atoms with Crippen molar-refractivity contribution in [1.82, 2.24) is 0 Å². The molecule has 0 heterocycles. The SMILES string of the molecule is C=C(CC1CC1)[C@@H]1CCCC(C(C)C)C1. The van der Waals surface area contributed by atoms with Gasteiger partial charge in [0.2, 0.25) is 0 Å². The monoisotopic (exact) mass is 206 g/mol. The molecule has 2 saturated carbocycles. The Morgan fingerprint density at radius 1 is 1.20 bits per heavy atom. The minimum atomic E-state index is 0.867. The molecule has 0 aromatic rings. The lowest BCUT2D eigenvalue weighted by Crippen LogP contribution is -2.21. The maximum atomic E-state index is 4.35. The molecule has 0 heteroatoms. The van der Waals surface area contributed by atoms with Crippen LogP contribution in [0.15, 0.2) is 12.2 Å². The van der Waals surface area contributed by atoms with Crippen LogP contribution in [0.4, 0.5) is 0 Å². The Kier molecular flexibility index (Phi) is 3.53. The quantitative estimate of drug-likeness (QED) is 0.579. The van der Waals surface area contributed by atoms with Crippen molar-refractivity contribution < 1.29 is 0 Å². The second kappa shape index (κ2) is 4.72. The highest BCUT2D eigenvalue weighted by Crippen LogP contribution is 2.42. The van der Waals surface area contributed by atoms with Crippen LogP contribution < -0.4 is 0 Å². The molecule has 0 radical (unpaired) electrons. The van der Waals surface area contributed by atoms with Crippen molar-refractivity contribution in [3.8, 4) is 0 Å². The molecule has 2 aliphatic rings. The van der Waals surface area contributed by atoms with Crippen LogP contribution in [0.25, 0.3) is 0 Å². The number of hydrogen-bond acceptors (Lipinski definition) is 0. The highest BCUT2D eigenvalue weighted by atomic mass is 14.3. The summed E-state index contributed by atoms with van der Waals surface area (Å²) in [6.45, 7) is 9.12. The van der Waals surface area contributed by atoms with E-state index in [1.807, 2.05) is 0 Å². The molecule has 0 nitrogen and oxygen atoms in total. The third-order valence-electron chi connectivity index (χ3n) is 4.48. The Labute approximate surface area is 95.1 Å². The normalized spacial score (nSPS) is 31.9. The zero-order valence-electron chi connectivity index (χ0n) is 10.5. The smallest absolute Gasteiger partial charge is 0.0203 e. The lowest BCUT2D eigenvalue weighted by atomic mass is 9.73. The Morgan fingerprint density at radius 3 is 2.53 bits per heavy atom. The van der Waals surface area contributed by atoms with Gasteiger partial charge in [-0.3, -0.25) is 0 Å². The summed E-state index contributed by atoms with van der Waals surface area (Å²) in [5, 5.41) is 0. The molecule has 0 bridgehead atoms. The molecule has 2 atom stereocenters. The lowest BCUT2D eigenvalue weighted by Gasteiger charge is -2.32. The summed E-state index contributed by atoms with van der Waals surface area (Å²) >= 11 is 0. The summed E-state index contributed by atoms with van der Waals surface area (Å²) in [6, 6.07) is 0. The van der Waals surface area contributed by atoms with Gasteiger partial charge in [-0.1, -0.05) is 38.8 Å². The van der Waals surface area contributed by atoms with Gasteiger partial charge in [-0.15, -0.1) is 0 Å². The number of allylic oxidation sites excluding steroid dienone is 1. The summed E-state index contributed by atoms with van der Waals surface area (Å²) in [7, 11) is 0. The first-order valence-electron chi connectivity index (χ1n) is 6.84. The van der Waals surface area contributed by atoms with E-state index in [2.05, 4.69) is 20.4 Å².